The second-order valence-corrected chi connectivity index (χ2v) is 11.1. The molecule has 4 aromatic carbocycles. The van der Waals surface area contributed by atoms with E-state index in [2.05, 4.69) is 10.1 Å². The van der Waals surface area contributed by atoms with Gasteiger partial charge in [-0.2, -0.15) is 4.98 Å². The van der Waals surface area contributed by atoms with Crippen molar-refractivity contribution in [2.45, 2.75) is 11.5 Å². The Balaban J connectivity index is 1.42. The van der Waals surface area contributed by atoms with E-state index in [1.54, 1.807) is 30.3 Å². The van der Waals surface area contributed by atoms with E-state index in [1.165, 1.54) is 24.3 Å². The predicted octanol–water partition coefficient (Wildman–Crippen LogP) is 6.06. The molecule has 39 heavy (non-hydrogen) atoms. The molecule has 5 aromatic rings. The van der Waals surface area contributed by atoms with Gasteiger partial charge < -0.3 is 14.4 Å². The first-order valence-corrected chi connectivity index (χ1v) is 13.6. The Morgan fingerprint density at radius 1 is 0.923 bits per heavy atom. The molecular formula is C27H19Cl2N3O6S. The lowest BCUT2D eigenvalue weighted by Crippen LogP contribution is -2.35. The van der Waals surface area contributed by atoms with E-state index in [1.807, 2.05) is 30.3 Å². The Bertz CT molecular complexity index is 1760. The van der Waals surface area contributed by atoms with E-state index in [4.69, 9.17) is 32.5 Å². The van der Waals surface area contributed by atoms with Gasteiger partial charge >= 0.3 is 5.97 Å². The molecule has 0 radical (unpaired) electrons. The van der Waals surface area contributed by atoms with Crippen molar-refractivity contribution in [2.75, 3.05) is 10.8 Å². The molecule has 0 amide bonds. The normalized spacial score (nSPS) is 11.4. The number of para-hydroxylation sites is 1. The van der Waals surface area contributed by atoms with Crippen LogP contribution in [-0.2, 0) is 21.4 Å². The smallest absolute Gasteiger partial charge is 0.324 e. The maximum Gasteiger partial charge on any atom is 0.324 e. The molecule has 1 N–H and O–H groups in total. The summed E-state index contributed by atoms with van der Waals surface area (Å²) in [6.07, 6.45) is 0. The van der Waals surface area contributed by atoms with Gasteiger partial charge in [-0.05, 0) is 65.4 Å². The molecule has 0 fully saturated rings. The molecule has 1 aromatic heterocycles. The number of benzene rings is 4. The van der Waals surface area contributed by atoms with E-state index in [0.717, 1.165) is 9.69 Å². The molecule has 9 nitrogen and oxygen atoms in total. The van der Waals surface area contributed by atoms with Crippen molar-refractivity contribution in [3.63, 3.8) is 0 Å². The Kier molecular flexibility index (Phi) is 7.42. The highest BCUT2D eigenvalue weighted by Crippen LogP contribution is 2.31. The number of sulfonamides is 1. The lowest BCUT2D eigenvalue weighted by Gasteiger charge is -2.23. The van der Waals surface area contributed by atoms with Crippen LogP contribution < -0.4 is 9.04 Å². The number of aliphatic carboxylic acids is 1. The zero-order chi connectivity index (χ0) is 27.6. The van der Waals surface area contributed by atoms with Crippen LogP contribution in [0.25, 0.3) is 22.2 Å². The largest absolute Gasteiger partial charge is 0.485 e. The van der Waals surface area contributed by atoms with Gasteiger partial charge in [0.25, 0.3) is 15.9 Å². The molecule has 12 heteroatoms. The van der Waals surface area contributed by atoms with Gasteiger partial charge in [-0.1, -0.05) is 58.7 Å². The van der Waals surface area contributed by atoms with Gasteiger partial charge in [-0.25, -0.2) is 8.42 Å². The third-order valence-electron chi connectivity index (χ3n) is 5.64. The first kappa shape index (κ1) is 26.5. The summed E-state index contributed by atoms with van der Waals surface area (Å²) in [6.45, 7) is -0.665. The van der Waals surface area contributed by atoms with Crippen molar-refractivity contribution < 1.29 is 27.6 Å². The predicted molar refractivity (Wildman–Crippen MR) is 147 cm³/mol. The fourth-order valence-corrected chi connectivity index (χ4v) is 5.99. The second-order valence-electron chi connectivity index (χ2n) is 8.37. The lowest BCUT2D eigenvalue weighted by atomic mass is 10.1. The minimum Gasteiger partial charge on any atom is -0.485 e. The van der Waals surface area contributed by atoms with E-state index >= 15 is 0 Å². The zero-order valence-corrected chi connectivity index (χ0v) is 22.3. The van der Waals surface area contributed by atoms with Gasteiger partial charge in [-0.3, -0.25) is 9.10 Å². The fraction of sp³-hybridized carbons (Fsp3) is 0.0741. The molecule has 0 aliphatic carbocycles. The summed E-state index contributed by atoms with van der Waals surface area (Å²) in [4.78, 5) is 15.8. The van der Waals surface area contributed by atoms with E-state index in [9.17, 15) is 18.3 Å². The summed E-state index contributed by atoms with van der Waals surface area (Å²) in [7, 11) is -4.30. The molecule has 5 rings (SSSR count). The van der Waals surface area contributed by atoms with Crippen molar-refractivity contribution in [1.29, 1.82) is 0 Å². The zero-order valence-electron chi connectivity index (χ0n) is 20.0. The maximum atomic E-state index is 13.4. The number of fused-ring (bicyclic) bond motifs is 1. The minimum atomic E-state index is -4.30. The molecule has 0 atom stereocenters. The first-order chi connectivity index (χ1) is 18.7. The van der Waals surface area contributed by atoms with Crippen molar-refractivity contribution in [1.82, 2.24) is 10.1 Å². The van der Waals surface area contributed by atoms with Gasteiger partial charge in [0.1, 0.15) is 12.3 Å². The van der Waals surface area contributed by atoms with Crippen LogP contribution in [-0.4, -0.2) is 36.2 Å². The first-order valence-electron chi connectivity index (χ1n) is 11.4. The quantitative estimate of drug-likeness (QED) is 0.222. The third-order valence-corrected chi connectivity index (χ3v) is 7.83. The van der Waals surface area contributed by atoms with Crippen LogP contribution in [0.2, 0.25) is 10.0 Å². The Morgan fingerprint density at radius 3 is 2.33 bits per heavy atom. The van der Waals surface area contributed by atoms with Gasteiger partial charge in [0, 0.05) is 15.6 Å². The summed E-state index contributed by atoms with van der Waals surface area (Å²) in [5.74, 6) is 0.0221. The summed E-state index contributed by atoms with van der Waals surface area (Å²) >= 11 is 12.0. The number of anilines is 1. The number of rotatable bonds is 9. The summed E-state index contributed by atoms with van der Waals surface area (Å²) < 4.78 is 38.6. The Morgan fingerprint density at radius 2 is 1.62 bits per heavy atom. The number of aromatic nitrogens is 2. The Labute approximate surface area is 233 Å². The second kappa shape index (κ2) is 10.9. The maximum absolute atomic E-state index is 13.4. The fourth-order valence-electron chi connectivity index (χ4n) is 3.86. The lowest BCUT2D eigenvalue weighted by molar-refractivity contribution is -0.135. The number of nitrogens with zero attached hydrogens (tertiary/aromatic N) is 3. The van der Waals surface area contributed by atoms with E-state index in [0.29, 0.717) is 28.4 Å². The summed E-state index contributed by atoms with van der Waals surface area (Å²) in [6, 6.07) is 23.2. The van der Waals surface area contributed by atoms with Crippen LogP contribution in [0, 0.1) is 0 Å². The molecule has 0 aliphatic heterocycles. The summed E-state index contributed by atoms with van der Waals surface area (Å²) in [5, 5.41) is 15.0. The molecule has 0 unspecified atom stereocenters. The van der Waals surface area contributed by atoms with Crippen molar-refractivity contribution in [2.24, 2.45) is 0 Å². The molecule has 1 heterocycles. The molecular weight excluding hydrogens is 565 g/mol. The van der Waals surface area contributed by atoms with Crippen LogP contribution >= 0.6 is 23.2 Å². The van der Waals surface area contributed by atoms with Gasteiger partial charge in [0.05, 0.1) is 10.6 Å². The monoisotopic (exact) mass is 583 g/mol. The van der Waals surface area contributed by atoms with Crippen molar-refractivity contribution >= 4 is 55.7 Å². The average molecular weight is 584 g/mol. The van der Waals surface area contributed by atoms with E-state index in [-0.39, 0.29) is 27.2 Å². The average Bonchev–Trinajstić information content (AvgIpc) is 3.39. The SMILES string of the molecule is O=C(O)CN(c1ccc2cc(-c3nc(COc4ccccc4)no3)ccc2c1)S(=O)(=O)c1cc(Cl)cc(Cl)c1. The highest BCUT2D eigenvalue weighted by atomic mass is 35.5. The molecule has 0 spiro atoms. The highest BCUT2D eigenvalue weighted by molar-refractivity contribution is 7.92. The molecule has 0 saturated carbocycles. The van der Waals surface area contributed by atoms with Crippen LogP contribution in [0.4, 0.5) is 5.69 Å². The van der Waals surface area contributed by atoms with E-state index < -0.39 is 22.5 Å². The third kappa shape index (κ3) is 5.98. The van der Waals surface area contributed by atoms with Gasteiger partial charge in [0.15, 0.2) is 6.61 Å². The van der Waals surface area contributed by atoms with Crippen LogP contribution in [0.5, 0.6) is 5.75 Å². The van der Waals surface area contributed by atoms with Crippen LogP contribution in [0.1, 0.15) is 5.82 Å². The minimum absolute atomic E-state index is 0.109. The molecule has 198 valence electrons. The number of carboxylic acid groups (broad SMARTS) is 1. The number of ether oxygens (including phenoxy) is 1. The topological polar surface area (TPSA) is 123 Å². The number of halogens is 2. The number of hydrogen-bond acceptors (Lipinski definition) is 7. The van der Waals surface area contributed by atoms with Crippen LogP contribution in [0.3, 0.4) is 0 Å². The molecule has 0 aliphatic rings. The Hall–Kier alpha value is -4.12. The molecule has 0 bridgehead atoms. The van der Waals surface area contributed by atoms with Crippen molar-refractivity contribution in [3.8, 4) is 17.2 Å². The van der Waals surface area contributed by atoms with Crippen LogP contribution in [0.15, 0.2) is 94.3 Å². The van der Waals surface area contributed by atoms with Gasteiger partial charge in [0.2, 0.25) is 5.82 Å². The number of carboxylic acids is 1. The standard InChI is InChI=1S/C27H19Cl2N3O6S/c28-20-12-21(29)14-24(13-20)39(35,36)32(15-26(33)34)22-9-8-17-10-19(7-6-18(17)11-22)27-30-25(31-38-27)16-37-23-4-2-1-3-5-23/h1-14H,15-16H2,(H,33,34). The number of carbonyl (C=O) groups is 1. The van der Waals surface area contributed by atoms with Gasteiger partial charge in [-0.15, -0.1) is 0 Å². The highest BCUT2D eigenvalue weighted by Gasteiger charge is 2.28. The number of hydrogen-bond donors (Lipinski definition) is 1. The summed E-state index contributed by atoms with van der Waals surface area (Å²) in [5.41, 5.74) is 0.809. The van der Waals surface area contributed by atoms with Crippen molar-refractivity contribution in [3.05, 3.63) is 101 Å². The molecule has 0 saturated heterocycles.